The molecule has 2 aliphatic rings. The van der Waals surface area contributed by atoms with Gasteiger partial charge in [0.05, 0.1) is 17.3 Å². The molecule has 3 heterocycles. The van der Waals surface area contributed by atoms with Gasteiger partial charge in [0.1, 0.15) is 0 Å². The van der Waals surface area contributed by atoms with Gasteiger partial charge in [-0.2, -0.15) is 0 Å². The van der Waals surface area contributed by atoms with E-state index in [1.165, 1.54) is 12.8 Å². The number of hydrogen-bond acceptors (Lipinski definition) is 3. The summed E-state index contributed by atoms with van der Waals surface area (Å²) >= 11 is 0. The van der Waals surface area contributed by atoms with E-state index in [0.717, 1.165) is 54.7 Å². The van der Waals surface area contributed by atoms with Crippen LogP contribution in [-0.4, -0.2) is 41.7 Å². The molecule has 5 nitrogen and oxygen atoms in total. The monoisotopic (exact) mass is 339 g/mol. The zero-order chi connectivity index (χ0) is 17.2. The zero-order valence-corrected chi connectivity index (χ0v) is 14.7. The van der Waals surface area contributed by atoms with Gasteiger partial charge >= 0.3 is 6.03 Å². The molecular formula is C20H25N3O2. The molecule has 4 rings (SSSR count). The molecule has 2 saturated heterocycles. The molecule has 1 aromatic carbocycles. The first-order valence-corrected chi connectivity index (χ1v) is 9.23. The van der Waals surface area contributed by atoms with Gasteiger partial charge in [0.25, 0.3) is 0 Å². The smallest absolute Gasteiger partial charge is 0.321 e. The molecular weight excluding hydrogens is 314 g/mol. The van der Waals surface area contributed by atoms with Gasteiger partial charge in [-0.15, -0.1) is 0 Å². The van der Waals surface area contributed by atoms with E-state index >= 15 is 0 Å². The van der Waals surface area contributed by atoms with Crippen LogP contribution in [0.2, 0.25) is 0 Å². The van der Waals surface area contributed by atoms with Crippen LogP contribution in [0.5, 0.6) is 0 Å². The van der Waals surface area contributed by atoms with Gasteiger partial charge in [0.15, 0.2) is 0 Å². The molecule has 1 N–H and O–H groups in total. The highest BCUT2D eigenvalue weighted by atomic mass is 16.5. The second-order valence-electron chi connectivity index (χ2n) is 7.19. The average Bonchev–Trinajstić information content (AvgIpc) is 3.16. The van der Waals surface area contributed by atoms with Crippen LogP contribution in [0.3, 0.4) is 0 Å². The van der Waals surface area contributed by atoms with E-state index in [1.54, 1.807) is 6.20 Å². The number of carbonyl (C=O) groups is 1. The van der Waals surface area contributed by atoms with E-state index in [4.69, 9.17) is 4.74 Å². The Morgan fingerprint density at radius 2 is 2.12 bits per heavy atom. The van der Waals surface area contributed by atoms with E-state index in [0.29, 0.717) is 12.0 Å². The largest absolute Gasteiger partial charge is 0.378 e. The van der Waals surface area contributed by atoms with Crippen LogP contribution in [0.4, 0.5) is 10.5 Å². The van der Waals surface area contributed by atoms with Crippen molar-refractivity contribution in [3.63, 3.8) is 0 Å². The number of fused-ring (bicyclic) bond motifs is 1. The Labute approximate surface area is 148 Å². The summed E-state index contributed by atoms with van der Waals surface area (Å²) in [6.07, 6.45) is 6.60. The van der Waals surface area contributed by atoms with Crippen molar-refractivity contribution >= 4 is 22.6 Å². The van der Waals surface area contributed by atoms with Crippen molar-refractivity contribution < 1.29 is 9.53 Å². The van der Waals surface area contributed by atoms with Gasteiger partial charge in [-0.05, 0) is 62.3 Å². The molecule has 1 unspecified atom stereocenters. The van der Waals surface area contributed by atoms with Crippen molar-refractivity contribution in [1.29, 1.82) is 0 Å². The topological polar surface area (TPSA) is 54.5 Å². The molecule has 0 radical (unpaired) electrons. The molecule has 25 heavy (non-hydrogen) atoms. The predicted octanol–water partition coefficient (Wildman–Crippen LogP) is 3.97. The molecule has 2 fully saturated rings. The van der Waals surface area contributed by atoms with Crippen LogP contribution >= 0.6 is 0 Å². The number of hydrogen-bond donors (Lipinski definition) is 1. The van der Waals surface area contributed by atoms with Crippen molar-refractivity contribution in [1.82, 2.24) is 9.88 Å². The normalized spacial score (nSPS) is 21.6. The maximum absolute atomic E-state index is 12.7. The standard InChI is InChI=1S/C20H25N3O2/c1-14-12-16-4-2-8-21-19(16)17(13-14)22-20(24)23-9-6-15(7-10-23)18-5-3-11-25-18/h2,4,8,12-13,15,18H,3,5-7,9-11H2,1H3,(H,22,24). The number of ether oxygens (including phenoxy) is 1. The van der Waals surface area contributed by atoms with Crippen molar-refractivity contribution in [2.75, 3.05) is 25.0 Å². The lowest BCUT2D eigenvalue weighted by Crippen LogP contribution is -2.43. The molecule has 2 amide bonds. The summed E-state index contributed by atoms with van der Waals surface area (Å²) in [6.45, 7) is 4.54. The number of benzene rings is 1. The number of piperidine rings is 1. The lowest BCUT2D eigenvalue weighted by atomic mass is 9.90. The number of aromatic nitrogens is 1. The van der Waals surface area contributed by atoms with E-state index in [1.807, 2.05) is 30.0 Å². The van der Waals surface area contributed by atoms with Crippen LogP contribution in [-0.2, 0) is 4.74 Å². The molecule has 1 aromatic heterocycles. The lowest BCUT2D eigenvalue weighted by Gasteiger charge is -2.34. The first kappa shape index (κ1) is 16.3. The van der Waals surface area contributed by atoms with Gasteiger partial charge in [0, 0.05) is 31.3 Å². The van der Waals surface area contributed by atoms with Crippen molar-refractivity contribution in [2.24, 2.45) is 5.92 Å². The molecule has 0 saturated carbocycles. The third-order valence-electron chi connectivity index (χ3n) is 5.41. The third kappa shape index (κ3) is 3.47. The summed E-state index contributed by atoms with van der Waals surface area (Å²) in [6, 6.07) is 8.00. The van der Waals surface area contributed by atoms with Gasteiger partial charge in [0.2, 0.25) is 0 Å². The number of nitrogens with one attached hydrogen (secondary N) is 1. The van der Waals surface area contributed by atoms with E-state index < -0.39 is 0 Å². The fourth-order valence-electron chi connectivity index (χ4n) is 4.08. The fraction of sp³-hybridized carbons (Fsp3) is 0.500. The van der Waals surface area contributed by atoms with Crippen LogP contribution < -0.4 is 5.32 Å². The summed E-state index contributed by atoms with van der Waals surface area (Å²) < 4.78 is 5.82. The van der Waals surface area contributed by atoms with Gasteiger partial charge in [-0.25, -0.2) is 4.79 Å². The first-order valence-electron chi connectivity index (χ1n) is 9.23. The quantitative estimate of drug-likeness (QED) is 0.901. The van der Waals surface area contributed by atoms with E-state index in [-0.39, 0.29) is 6.03 Å². The number of nitrogens with zero attached hydrogens (tertiary/aromatic N) is 2. The number of urea groups is 1. The third-order valence-corrected chi connectivity index (χ3v) is 5.41. The Morgan fingerprint density at radius 1 is 1.28 bits per heavy atom. The number of amides is 2. The number of pyridine rings is 1. The maximum Gasteiger partial charge on any atom is 0.321 e. The van der Waals surface area contributed by atoms with E-state index in [2.05, 4.69) is 16.4 Å². The minimum atomic E-state index is -0.0247. The molecule has 2 aliphatic heterocycles. The van der Waals surface area contributed by atoms with E-state index in [9.17, 15) is 4.79 Å². The number of anilines is 1. The Kier molecular flexibility index (Phi) is 4.57. The van der Waals surface area contributed by atoms with Crippen molar-refractivity contribution in [3.8, 4) is 0 Å². The predicted molar refractivity (Wildman–Crippen MR) is 98.8 cm³/mol. The Bertz CT molecular complexity index is 763. The maximum atomic E-state index is 12.7. The van der Waals surface area contributed by atoms with Crippen molar-refractivity contribution in [2.45, 2.75) is 38.7 Å². The summed E-state index contributed by atoms with van der Waals surface area (Å²) in [5.41, 5.74) is 2.76. The molecule has 0 spiro atoms. The highest BCUT2D eigenvalue weighted by Gasteiger charge is 2.31. The van der Waals surface area contributed by atoms with Crippen molar-refractivity contribution in [3.05, 3.63) is 36.0 Å². The molecule has 0 aliphatic carbocycles. The summed E-state index contributed by atoms with van der Waals surface area (Å²) in [7, 11) is 0. The molecule has 1 atom stereocenters. The summed E-state index contributed by atoms with van der Waals surface area (Å²) in [5.74, 6) is 0.605. The van der Waals surface area contributed by atoms with Crippen LogP contribution in [0, 0.1) is 12.8 Å². The average molecular weight is 339 g/mol. The molecule has 5 heteroatoms. The number of carbonyl (C=O) groups excluding carboxylic acids is 1. The highest BCUT2D eigenvalue weighted by molar-refractivity contribution is 6.00. The molecule has 2 aromatic rings. The minimum absolute atomic E-state index is 0.0247. The summed E-state index contributed by atoms with van der Waals surface area (Å²) in [5, 5.41) is 4.12. The number of aryl methyl sites for hydroxylation is 1. The SMILES string of the molecule is Cc1cc(NC(=O)N2CCC(C3CCCO3)CC2)c2ncccc2c1. The molecule has 0 bridgehead atoms. The molecule has 132 valence electrons. The summed E-state index contributed by atoms with van der Waals surface area (Å²) in [4.78, 5) is 19.1. The minimum Gasteiger partial charge on any atom is -0.378 e. The second-order valence-corrected chi connectivity index (χ2v) is 7.19. The first-order chi connectivity index (χ1) is 12.2. The van der Waals surface area contributed by atoms with Crippen LogP contribution in [0.25, 0.3) is 10.9 Å². The van der Waals surface area contributed by atoms with Gasteiger partial charge in [-0.1, -0.05) is 6.07 Å². The number of rotatable bonds is 2. The zero-order valence-electron chi connectivity index (χ0n) is 14.7. The van der Waals surface area contributed by atoms with Crippen LogP contribution in [0.1, 0.15) is 31.2 Å². The Morgan fingerprint density at radius 3 is 2.88 bits per heavy atom. The Hall–Kier alpha value is -2.14. The van der Waals surface area contributed by atoms with Gasteiger partial charge < -0.3 is 15.0 Å². The van der Waals surface area contributed by atoms with Crippen LogP contribution in [0.15, 0.2) is 30.5 Å². The highest BCUT2D eigenvalue weighted by Crippen LogP contribution is 2.29. The van der Waals surface area contributed by atoms with Gasteiger partial charge in [-0.3, -0.25) is 4.98 Å². The second kappa shape index (κ2) is 7.00. The fourth-order valence-corrected chi connectivity index (χ4v) is 4.08. The lowest BCUT2D eigenvalue weighted by molar-refractivity contribution is 0.0382. The number of likely N-dealkylation sites (tertiary alicyclic amines) is 1. The Balaban J connectivity index is 1.43.